The van der Waals surface area contributed by atoms with Crippen molar-refractivity contribution >= 4 is 0 Å². The Labute approximate surface area is 112 Å². The Hall–Kier alpha value is -1.04. The quantitative estimate of drug-likeness (QED) is 0.592. The van der Waals surface area contributed by atoms with Crippen molar-refractivity contribution in [2.45, 2.75) is 52.9 Å². The zero-order chi connectivity index (χ0) is 13.0. The van der Waals surface area contributed by atoms with E-state index in [1.54, 1.807) is 5.57 Å². The zero-order valence-electron chi connectivity index (χ0n) is 12.1. The molecule has 2 atom stereocenters. The topological polar surface area (TPSA) is 0 Å². The standard InChI is InChI=1S/C18H26/c1-4-16-9-11-17(10-8-15(3)12-16)18-7-5-6-14(2)13-18/h8-12,14,18H,4-7,13H2,1-3H3/t14-,18?/m1/s1. The second-order valence-corrected chi connectivity index (χ2v) is 5.95. The Bertz CT molecular complexity index is 404. The molecule has 0 bridgehead atoms. The summed E-state index contributed by atoms with van der Waals surface area (Å²) in [5.74, 6) is 1.68. The highest BCUT2D eigenvalue weighted by Crippen LogP contribution is 2.34. The molecule has 1 saturated carbocycles. The first-order valence-electron chi connectivity index (χ1n) is 7.46. The van der Waals surface area contributed by atoms with Gasteiger partial charge in [0.25, 0.3) is 0 Å². The molecule has 0 amide bonds. The maximum absolute atomic E-state index is 2.40. The van der Waals surface area contributed by atoms with E-state index in [2.05, 4.69) is 51.2 Å². The second-order valence-electron chi connectivity index (χ2n) is 5.95. The molecular formula is C18H26. The molecule has 0 N–H and O–H groups in total. The molecule has 0 spiro atoms. The third-order valence-electron chi connectivity index (χ3n) is 4.26. The lowest BCUT2D eigenvalue weighted by molar-refractivity contribution is 0.318. The van der Waals surface area contributed by atoms with Gasteiger partial charge in [-0.1, -0.05) is 62.6 Å². The first-order chi connectivity index (χ1) is 8.69. The summed E-state index contributed by atoms with van der Waals surface area (Å²) in [5, 5.41) is 0. The van der Waals surface area contributed by atoms with Crippen LogP contribution >= 0.6 is 0 Å². The van der Waals surface area contributed by atoms with Gasteiger partial charge in [-0.3, -0.25) is 0 Å². The van der Waals surface area contributed by atoms with Crippen molar-refractivity contribution in [3.8, 4) is 0 Å². The Balaban J connectivity index is 2.17. The van der Waals surface area contributed by atoms with Crippen LogP contribution in [0.25, 0.3) is 0 Å². The van der Waals surface area contributed by atoms with E-state index in [0.29, 0.717) is 0 Å². The maximum atomic E-state index is 2.40. The highest BCUT2D eigenvalue weighted by atomic mass is 14.3. The van der Waals surface area contributed by atoms with E-state index in [0.717, 1.165) is 18.3 Å². The minimum Gasteiger partial charge on any atom is -0.0625 e. The van der Waals surface area contributed by atoms with Crippen molar-refractivity contribution in [3.63, 3.8) is 0 Å². The molecule has 0 aliphatic heterocycles. The largest absolute Gasteiger partial charge is 0.0625 e. The van der Waals surface area contributed by atoms with Gasteiger partial charge < -0.3 is 0 Å². The molecule has 0 heterocycles. The van der Waals surface area contributed by atoms with Crippen molar-refractivity contribution in [2.24, 2.45) is 11.8 Å². The van der Waals surface area contributed by atoms with Crippen LogP contribution in [0.3, 0.4) is 0 Å². The molecule has 18 heavy (non-hydrogen) atoms. The van der Waals surface area contributed by atoms with Gasteiger partial charge in [-0.15, -0.1) is 0 Å². The molecule has 0 radical (unpaired) electrons. The van der Waals surface area contributed by atoms with Gasteiger partial charge in [-0.25, -0.2) is 0 Å². The molecule has 2 aliphatic carbocycles. The SMILES string of the molecule is CCC1=CC(C)=CC=C(C2CCC[C@@H](C)C2)C=C1. The molecule has 0 saturated heterocycles. The Morgan fingerprint density at radius 3 is 2.72 bits per heavy atom. The Kier molecular flexibility index (Phi) is 4.63. The van der Waals surface area contributed by atoms with Crippen LogP contribution in [0.1, 0.15) is 52.9 Å². The molecule has 0 aromatic heterocycles. The van der Waals surface area contributed by atoms with E-state index in [1.807, 2.05) is 0 Å². The van der Waals surface area contributed by atoms with Gasteiger partial charge >= 0.3 is 0 Å². The van der Waals surface area contributed by atoms with E-state index in [4.69, 9.17) is 0 Å². The molecule has 0 nitrogen and oxygen atoms in total. The van der Waals surface area contributed by atoms with Gasteiger partial charge in [-0.05, 0) is 49.2 Å². The summed E-state index contributed by atoms with van der Waals surface area (Å²) in [7, 11) is 0. The number of hydrogen-bond acceptors (Lipinski definition) is 0. The predicted molar refractivity (Wildman–Crippen MR) is 80.5 cm³/mol. The highest BCUT2D eigenvalue weighted by Gasteiger charge is 2.20. The fourth-order valence-electron chi connectivity index (χ4n) is 3.10. The normalized spacial score (nSPS) is 28.9. The van der Waals surface area contributed by atoms with Gasteiger partial charge in [-0.2, -0.15) is 0 Å². The monoisotopic (exact) mass is 242 g/mol. The first-order valence-corrected chi connectivity index (χ1v) is 7.46. The van der Waals surface area contributed by atoms with Crippen LogP contribution in [0.15, 0.2) is 47.1 Å². The number of hydrogen-bond donors (Lipinski definition) is 0. The van der Waals surface area contributed by atoms with E-state index < -0.39 is 0 Å². The lowest BCUT2D eigenvalue weighted by Crippen LogP contribution is -2.14. The van der Waals surface area contributed by atoms with E-state index >= 15 is 0 Å². The molecule has 1 unspecified atom stereocenters. The molecule has 0 heteroatoms. The molecule has 0 aromatic carbocycles. The lowest BCUT2D eigenvalue weighted by atomic mass is 9.78. The van der Waals surface area contributed by atoms with Gasteiger partial charge in [0, 0.05) is 0 Å². The van der Waals surface area contributed by atoms with E-state index in [1.165, 1.54) is 36.8 Å². The van der Waals surface area contributed by atoms with Crippen LogP contribution < -0.4 is 0 Å². The zero-order valence-corrected chi connectivity index (χ0v) is 12.1. The van der Waals surface area contributed by atoms with Crippen molar-refractivity contribution in [2.75, 3.05) is 0 Å². The minimum absolute atomic E-state index is 0.783. The molecule has 0 aromatic rings. The highest BCUT2D eigenvalue weighted by molar-refractivity contribution is 5.40. The fourth-order valence-corrected chi connectivity index (χ4v) is 3.10. The van der Waals surface area contributed by atoms with Crippen molar-refractivity contribution in [1.82, 2.24) is 0 Å². The Morgan fingerprint density at radius 1 is 1.17 bits per heavy atom. The second kappa shape index (κ2) is 6.22. The average molecular weight is 242 g/mol. The molecule has 2 rings (SSSR count). The van der Waals surface area contributed by atoms with Crippen molar-refractivity contribution < 1.29 is 0 Å². The first kappa shape index (κ1) is 13.4. The minimum atomic E-state index is 0.783. The number of allylic oxidation sites excluding steroid dienone is 8. The van der Waals surface area contributed by atoms with Crippen LogP contribution in [-0.4, -0.2) is 0 Å². The van der Waals surface area contributed by atoms with Crippen LogP contribution in [0, 0.1) is 11.8 Å². The predicted octanol–water partition coefficient (Wildman–Crippen LogP) is 5.59. The third-order valence-corrected chi connectivity index (χ3v) is 4.26. The lowest BCUT2D eigenvalue weighted by Gasteiger charge is -2.28. The summed E-state index contributed by atoms with van der Waals surface area (Å²) in [4.78, 5) is 0. The van der Waals surface area contributed by atoms with Crippen molar-refractivity contribution in [1.29, 1.82) is 0 Å². The van der Waals surface area contributed by atoms with Gasteiger partial charge in [0.1, 0.15) is 0 Å². The summed E-state index contributed by atoms with van der Waals surface area (Å²) in [6, 6.07) is 0. The summed E-state index contributed by atoms with van der Waals surface area (Å²) in [6.45, 7) is 6.83. The summed E-state index contributed by atoms with van der Waals surface area (Å²) < 4.78 is 0. The maximum Gasteiger partial charge on any atom is -0.0159 e. The van der Waals surface area contributed by atoms with Gasteiger partial charge in [0.05, 0.1) is 0 Å². The van der Waals surface area contributed by atoms with Crippen LogP contribution in [0.5, 0.6) is 0 Å². The van der Waals surface area contributed by atoms with Crippen LogP contribution in [0.4, 0.5) is 0 Å². The summed E-state index contributed by atoms with van der Waals surface area (Å²) in [6.07, 6.45) is 18.3. The van der Waals surface area contributed by atoms with Gasteiger partial charge in [0.15, 0.2) is 0 Å². The fraction of sp³-hybridized carbons (Fsp3) is 0.556. The number of rotatable bonds is 2. The summed E-state index contributed by atoms with van der Waals surface area (Å²) >= 11 is 0. The van der Waals surface area contributed by atoms with E-state index in [9.17, 15) is 0 Å². The Morgan fingerprint density at radius 2 is 2.00 bits per heavy atom. The smallest absolute Gasteiger partial charge is 0.0159 e. The molecular weight excluding hydrogens is 216 g/mol. The molecule has 2 aliphatic rings. The van der Waals surface area contributed by atoms with Crippen LogP contribution in [-0.2, 0) is 0 Å². The molecule has 98 valence electrons. The van der Waals surface area contributed by atoms with Crippen LogP contribution in [0.2, 0.25) is 0 Å². The molecule has 1 fully saturated rings. The third kappa shape index (κ3) is 3.48. The average Bonchev–Trinajstić information content (AvgIpc) is 2.34. The van der Waals surface area contributed by atoms with Gasteiger partial charge in [0.2, 0.25) is 0 Å². The van der Waals surface area contributed by atoms with E-state index in [-0.39, 0.29) is 0 Å². The summed E-state index contributed by atoms with van der Waals surface area (Å²) in [5.41, 5.74) is 4.36. The van der Waals surface area contributed by atoms with Crippen molar-refractivity contribution in [3.05, 3.63) is 47.1 Å².